The molecule has 0 bridgehead atoms. The average molecular weight is 364 g/mol. The van der Waals surface area contributed by atoms with E-state index >= 15 is 0 Å². The number of nitrogens with two attached hydrogens (primary N) is 1. The van der Waals surface area contributed by atoms with Crippen LogP contribution in [0.15, 0.2) is 23.2 Å². The Labute approximate surface area is 154 Å². The first-order valence-electron chi connectivity index (χ1n) is 8.58. The van der Waals surface area contributed by atoms with Gasteiger partial charge in [-0.15, -0.1) is 0 Å². The van der Waals surface area contributed by atoms with E-state index in [1.807, 2.05) is 25.7 Å². The number of benzene rings is 1. The first-order chi connectivity index (χ1) is 12.2. The second kappa shape index (κ2) is 8.16. The molecule has 1 aliphatic rings. The lowest BCUT2D eigenvalue weighted by molar-refractivity contribution is 0.0186. The minimum atomic E-state index is -0.507. The fourth-order valence-corrected chi connectivity index (χ4v) is 2.53. The van der Waals surface area contributed by atoms with Crippen molar-refractivity contribution in [2.75, 3.05) is 33.3 Å². The Kier molecular flexibility index (Phi) is 6.18. The molecule has 0 radical (unpaired) electrons. The summed E-state index contributed by atoms with van der Waals surface area (Å²) in [7, 11) is 1.57. The molecule has 8 nitrogen and oxygen atoms in total. The Hall–Kier alpha value is -2.64. The highest BCUT2D eigenvalue weighted by Gasteiger charge is 2.26. The number of piperazine rings is 1. The van der Waals surface area contributed by atoms with E-state index < -0.39 is 5.60 Å². The van der Waals surface area contributed by atoms with Crippen molar-refractivity contribution in [2.24, 2.45) is 10.7 Å². The highest BCUT2D eigenvalue weighted by Crippen LogP contribution is 2.23. The molecule has 0 aliphatic carbocycles. The number of aromatic hydroxyl groups is 1. The quantitative estimate of drug-likeness (QED) is 0.626. The Balaban J connectivity index is 1.91. The summed E-state index contributed by atoms with van der Waals surface area (Å²) in [4.78, 5) is 20.0. The number of hydrogen-bond acceptors (Lipinski definition) is 5. The molecule has 0 spiro atoms. The lowest BCUT2D eigenvalue weighted by Crippen LogP contribution is -2.53. The van der Waals surface area contributed by atoms with Crippen molar-refractivity contribution >= 4 is 12.1 Å². The van der Waals surface area contributed by atoms with Crippen molar-refractivity contribution in [3.63, 3.8) is 0 Å². The van der Waals surface area contributed by atoms with Gasteiger partial charge in [-0.3, -0.25) is 0 Å². The molecule has 1 heterocycles. The molecule has 3 N–H and O–H groups in total. The summed E-state index contributed by atoms with van der Waals surface area (Å²) in [6.45, 7) is 8.00. The maximum absolute atomic E-state index is 12.1. The number of phenolic OH excluding ortho intramolecular Hbond substituents is 1. The Morgan fingerprint density at radius 3 is 2.42 bits per heavy atom. The number of aliphatic imine (C=N–C) groups is 1. The number of amides is 1. The summed E-state index contributed by atoms with van der Waals surface area (Å²) in [5.41, 5.74) is 6.20. The molecule has 1 amide bonds. The van der Waals surface area contributed by atoms with E-state index in [2.05, 4.69) is 4.99 Å². The third-order valence-electron chi connectivity index (χ3n) is 3.95. The molecule has 1 aliphatic heterocycles. The topological polar surface area (TPSA) is 101 Å². The fourth-order valence-electron chi connectivity index (χ4n) is 2.53. The van der Waals surface area contributed by atoms with E-state index in [0.717, 1.165) is 0 Å². The maximum Gasteiger partial charge on any atom is 0.410 e. The Bertz CT molecular complexity index is 662. The van der Waals surface area contributed by atoms with Crippen molar-refractivity contribution in [1.82, 2.24) is 9.80 Å². The largest absolute Gasteiger partial charge is 0.508 e. The van der Waals surface area contributed by atoms with Gasteiger partial charge in [0.2, 0.25) is 0 Å². The zero-order chi connectivity index (χ0) is 19.3. The number of ether oxygens (including phenoxy) is 2. The Morgan fingerprint density at radius 2 is 1.85 bits per heavy atom. The van der Waals surface area contributed by atoms with Gasteiger partial charge in [-0.05, 0) is 39.0 Å². The number of hydrogen-bond donors (Lipinski definition) is 2. The van der Waals surface area contributed by atoms with E-state index in [1.165, 1.54) is 0 Å². The van der Waals surface area contributed by atoms with Crippen LogP contribution in [0.25, 0.3) is 0 Å². The third kappa shape index (κ3) is 5.44. The summed E-state index contributed by atoms with van der Waals surface area (Å²) >= 11 is 0. The zero-order valence-electron chi connectivity index (χ0n) is 15.9. The van der Waals surface area contributed by atoms with Crippen LogP contribution in [-0.2, 0) is 11.3 Å². The number of carbonyl (C=O) groups excluding carboxylic acids is 1. The highest BCUT2D eigenvalue weighted by atomic mass is 16.6. The van der Waals surface area contributed by atoms with E-state index in [1.54, 1.807) is 30.2 Å². The number of phenols is 1. The van der Waals surface area contributed by atoms with E-state index in [-0.39, 0.29) is 18.4 Å². The smallest absolute Gasteiger partial charge is 0.410 e. The Morgan fingerprint density at radius 1 is 1.23 bits per heavy atom. The monoisotopic (exact) mass is 364 g/mol. The standard InChI is InChI=1S/C18H28N4O4/c1-18(2,3)26-17(24)22-9-7-21(8-10-22)16(19)20-12-13-11-14(25-4)5-6-15(13)23/h5-6,11,23H,7-10,12H2,1-4H3,(H2,19,20). The molecule has 0 atom stereocenters. The molecule has 144 valence electrons. The van der Waals surface area contributed by atoms with Gasteiger partial charge in [0.1, 0.15) is 17.1 Å². The molecule has 0 saturated carbocycles. The summed E-state index contributed by atoms with van der Waals surface area (Å²) < 4.78 is 10.5. The molecular weight excluding hydrogens is 336 g/mol. The molecule has 1 fully saturated rings. The molecule has 2 rings (SSSR count). The van der Waals surface area contributed by atoms with Gasteiger partial charge in [-0.2, -0.15) is 0 Å². The van der Waals surface area contributed by atoms with Crippen LogP contribution in [0.1, 0.15) is 26.3 Å². The molecule has 0 aromatic heterocycles. The van der Waals surface area contributed by atoms with Crippen LogP contribution >= 0.6 is 0 Å². The second-order valence-electron chi connectivity index (χ2n) is 7.12. The number of guanidine groups is 1. The summed E-state index contributed by atoms with van der Waals surface area (Å²) in [5, 5.41) is 9.91. The average Bonchev–Trinajstić information content (AvgIpc) is 2.59. The van der Waals surface area contributed by atoms with Crippen molar-refractivity contribution in [2.45, 2.75) is 32.9 Å². The number of rotatable bonds is 3. The lowest BCUT2D eigenvalue weighted by atomic mass is 10.2. The molecule has 8 heteroatoms. The minimum absolute atomic E-state index is 0.150. The van der Waals surface area contributed by atoms with Crippen LogP contribution in [0.5, 0.6) is 11.5 Å². The molecule has 0 unspecified atom stereocenters. The number of methoxy groups -OCH3 is 1. The molecular formula is C18H28N4O4. The van der Waals surface area contributed by atoms with Gasteiger partial charge in [-0.25, -0.2) is 9.79 Å². The SMILES string of the molecule is COc1ccc(O)c(CN=C(N)N2CCN(C(=O)OC(C)(C)C)CC2)c1. The van der Waals surface area contributed by atoms with Gasteiger partial charge in [0.15, 0.2) is 5.96 Å². The van der Waals surface area contributed by atoms with Crippen LogP contribution in [0, 0.1) is 0 Å². The third-order valence-corrected chi connectivity index (χ3v) is 3.95. The molecule has 1 aromatic carbocycles. The van der Waals surface area contributed by atoms with E-state index in [0.29, 0.717) is 43.5 Å². The zero-order valence-corrected chi connectivity index (χ0v) is 15.9. The van der Waals surface area contributed by atoms with Gasteiger partial charge in [0, 0.05) is 31.7 Å². The van der Waals surface area contributed by atoms with Gasteiger partial charge < -0.3 is 30.1 Å². The van der Waals surface area contributed by atoms with Gasteiger partial charge in [0.25, 0.3) is 0 Å². The second-order valence-corrected chi connectivity index (χ2v) is 7.12. The predicted octanol–water partition coefficient (Wildman–Crippen LogP) is 1.77. The van der Waals surface area contributed by atoms with Gasteiger partial charge >= 0.3 is 6.09 Å². The molecule has 26 heavy (non-hydrogen) atoms. The number of nitrogens with zero attached hydrogens (tertiary/aromatic N) is 3. The number of carbonyl (C=O) groups is 1. The first-order valence-corrected chi connectivity index (χ1v) is 8.58. The van der Waals surface area contributed by atoms with Crippen molar-refractivity contribution in [3.05, 3.63) is 23.8 Å². The minimum Gasteiger partial charge on any atom is -0.508 e. The predicted molar refractivity (Wildman–Crippen MR) is 99.4 cm³/mol. The van der Waals surface area contributed by atoms with Crippen LogP contribution in [-0.4, -0.2) is 65.8 Å². The lowest BCUT2D eigenvalue weighted by Gasteiger charge is -2.36. The normalized spacial score (nSPS) is 15.8. The van der Waals surface area contributed by atoms with E-state index in [9.17, 15) is 9.90 Å². The molecule has 1 saturated heterocycles. The van der Waals surface area contributed by atoms with Crippen molar-refractivity contribution < 1.29 is 19.4 Å². The fraction of sp³-hybridized carbons (Fsp3) is 0.556. The van der Waals surface area contributed by atoms with Gasteiger partial charge in [0.05, 0.1) is 13.7 Å². The van der Waals surface area contributed by atoms with Crippen LogP contribution in [0.2, 0.25) is 0 Å². The first kappa shape index (κ1) is 19.7. The van der Waals surface area contributed by atoms with Crippen LogP contribution < -0.4 is 10.5 Å². The maximum atomic E-state index is 12.1. The highest BCUT2D eigenvalue weighted by molar-refractivity contribution is 5.78. The van der Waals surface area contributed by atoms with Crippen LogP contribution in [0.4, 0.5) is 4.79 Å². The summed E-state index contributed by atoms with van der Waals surface area (Å²) in [5.74, 6) is 1.19. The summed E-state index contributed by atoms with van der Waals surface area (Å²) in [6.07, 6.45) is -0.311. The van der Waals surface area contributed by atoms with Crippen molar-refractivity contribution in [1.29, 1.82) is 0 Å². The molecule has 1 aromatic rings. The van der Waals surface area contributed by atoms with E-state index in [4.69, 9.17) is 15.2 Å². The van der Waals surface area contributed by atoms with Crippen molar-refractivity contribution in [3.8, 4) is 11.5 Å². The summed E-state index contributed by atoms with van der Waals surface area (Å²) in [6, 6.07) is 4.98. The van der Waals surface area contributed by atoms with Crippen LogP contribution in [0.3, 0.4) is 0 Å². The van der Waals surface area contributed by atoms with Gasteiger partial charge in [-0.1, -0.05) is 0 Å².